The molecule has 1 unspecified atom stereocenters. The van der Waals surface area contributed by atoms with Crippen LogP contribution in [0.2, 0.25) is 0 Å². The summed E-state index contributed by atoms with van der Waals surface area (Å²) < 4.78 is 22.5. The maximum atomic E-state index is 10.9. The molecule has 3 aromatic heterocycles. The summed E-state index contributed by atoms with van der Waals surface area (Å²) >= 11 is 1.50. The summed E-state index contributed by atoms with van der Waals surface area (Å²) in [7, 11) is -4.75. The number of aliphatic hydroxyl groups excluding tert-OH is 2. The summed E-state index contributed by atoms with van der Waals surface area (Å²) in [5.74, 6) is 0.249. The first-order valence-electron chi connectivity index (χ1n) is 8.11. The van der Waals surface area contributed by atoms with Gasteiger partial charge in [-0.05, 0) is 22.4 Å². The van der Waals surface area contributed by atoms with E-state index in [1.54, 1.807) is 6.20 Å². The van der Waals surface area contributed by atoms with Crippen molar-refractivity contribution in [3.05, 3.63) is 29.4 Å². The Morgan fingerprint density at radius 1 is 1.32 bits per heavy atom. The number of phosphoric acid groups is 1. The van der Waals surface area contributed by atoms with Gasteiger partial charge in [0.15, 0.2) is 6.23 Å². The number of ether oxygens (including phenoxy) is 1. The van der Waals surface area contributed by atoms with Gasteiger partial charge in [-0.25, -0.2) is 14.5 Å². The van der Waals surface area contributed by atoms with Crippen molar-refractivity contribution in [3.63, 3.8) is 0 Å². The molecule has 11 nitrogen and oxygen atoms in total. The van der Waals surface area contributed by atoms with E-state index in [0.29, 0.717) is 11.0 Å². The summed E-state index contributed by atoms with van der Waals surface area (Å²) in [6, 6.07) is 1.90. The molecular formula is C15H17N4O7PS. The van der Waals surface area contributed by atoms with Crippen molar-refractivity contribution < 1.29 is 33.8 Å². The molecule has 1 aliphatic heterocycles. The van der Waals surface area contributed by atoms with Crippen molar-refractivity contribution in [2.24, 2.45) is 0 Å². The first kappa shape index (κ1) is 19.4. The van der Waals surface area contributed by atoms with Gasteiger partial charge in [-0.2, -0.15) is 11.3 Å². The average molecular weight is 428 g/mol. The minimum Gasteiger partial charge on any atom is -0.387 e. The van der Waals surface area contributed by atoms with Crippen LogP contribution in [0.1, 0.15) is 6.23 Å². The Bertz CT molecular complexity index is 1040. The lowest BCUT2D eigenvalue weighted by Crippen LogP contribution is -2.33. The van der Waals surface area contributed by atoms with Gasteiger partial charge in [0.05, 0.1) is 12.0 Å². The van der Waals surface area contributed by atoms with E-state index in [-0.39, 0.29) is 5.82 Å². The second-order valence-corrected chi connectivity index (χ2v) is 8.27. The Hall–Kier alpha value is -1.89. The number of fused-ring (bicyclic) bond motifs is 1. The fourth-order valence-electron chi connectivity index (χ4n) is 3.21. The molecule has 0 aliphatic carbocycles. The number of hydrogen-bond acceptors (Lipinski definition) is 9. The Balaban J connectivity index is 1.73. The summed E-state index contributed by atoms with van der Waals surface area (Å²) in [5.41, 5.74) is 8.04. The van der Waals surface area contributed by atoms with E-state index in [9.17, 15) is 14.8 Å². The molecular weight excluding hydrogens is 411 g/mol. The molecule has 0 saturated carbocycles. The number of anilines is 1. The second-order valence-electron chi connectivity index (χ2n) is 6.25. The number of aliphatic hydroxyl groups is 2. The van der Waals surface area contributed by atoms with Crippen LogP contribution in [-0.4, -0.2) is 59.5 Å². The second kappa shape index (κ2) is 7.17. The van der Waals surface area contributed by atoms with Crippen LogP contribution in [0.25, 0.3) is 22.2 Å². The van der Waals surface area contributed by atoms with E-state index in [2.05, 4.69) is 14.5 Å². The van der Waals surface area contributed by atoms with E-state index >= 15 is 0 Å². The van der Waals surface area contributed by atoms with Crippen molar-refractivity contribution in [3.8, 4) is 11.1 Å². The summed E-state index contributed by atoms with van der Waals surface area (Å²) in [6.45, 7) is -0.591. The van der Waals surface area contributed by atoms with Crippen molar-refractivity contribution in [2.45, 2.75) is 24.5 Å². The topological polar surface area (TPSA) is 173 Å². The Labute approximate surface area is 162 Å². The maximum Gasteiger partial charge on any atom is 0.469 e. The largest absolute Gasteiger partial charge is 0.469 e. The molecule has 28 heavy (non-hydrogen) atoms. The highest BCUT2D eigenvalue weighted by Crippen LogP contribution is 2.41. The predicted molar refractivity (Wildman–Crippen MR) is 99.2 cm³/mol. The van der Waals surface area contributed by atoms with Gasteiger partial charge < -0.3 is 35.0 Å². The lowest BCUT2D eigenvalue weighted by molar-refractivity contribution is -0.0501. The maximum absolute atomic E-state index is 10.9. The van der Waals surface area contributed by atoms with E-state index < -0.39 is 39.0 Å². The summed E-state index contributed by atoms with van der Waals surface area (Å²) in [4.78, 5) is 26.0. The van der Waals surface area contributed by atoms with Gasteiger partial charge >= 0.3 is 7.82 Å². The van der Waals surface area contributed by atoms with Crippen molar-refractivity contribution in [1.29, 1.82) is 0 Å². The Kier molecular flexibility index (Phi) is 4.98. The normalized spacial score (nSPS) is 25.6. The standard InChI is InChI=1S/C15H17N4O7PS/c16-13-10-8(7-1-2-28-5-7)3-19(14(10)18-6-17-13)15-12(21)11(20)9(26-15)4-25-27(22,23)24/h1-3,5-6,9,11-12,15,20-21H,4H2,(H2,16,17,18)(H2,22,23,24)/t9-,11?,12+,15-/m1/s1. The molecule has 1 saturated heterocycles. The minimum atomic E-state index is -4.75. The van der Waals surface area contributed by atoms with Gasteiger partial charge in [0.25, 0.3) is 0 Å². The number of thiophene rings is 1. The first-order valence-corrected chi connectivity index (χ1v) is 10.6. The molecule has 0 aromatic carbocycles. The monoisotopic (exact) mass is 428 g/mol. The van der Waals surface area contributed by atoms with Gasteiger partial charge in [0.1, 0.15) is 36.1 Å². The quantitative estimate of drug-likeness (QED) is 0.359. The number of nitrogen functional groups attached to an aromatic ring is 1. The van der Waals surface area contributed by atoms with Crippen LogP contribution in [0.3, 0.4) is 0 Å². The third-order valence-corrected chi connectivity index (χ3v) is 5.66. The fourth-order valence-corrected chi connectivity index (χ4v) is 4.20. The van der Waals surface area contributed by atoms with Gasteiger partial charge in [-0.1, -0.05) is 0 Å². The molecule has 1 fully saturated rings. The van der Waals surface area contributed by atoms with Gasteiger partial charge in [-0.15, -0.1) is 0 Å². The predicted octanol–water partition coefficient (Wildman–Crippen LogP) is 0.470. The lowest BCUT2D eigenvalue weighted by atomic mass is 10.1. The third-order valence-electron chi connectivity index (χ3n) is 4.49. The smallest absolute Gasteiger partial charge is 0.387 e. The molecule has 0 amide bonds. The van der Waals surface area contributed by atoms with Crippen LogP contribution in [0.4, 0.5) is 5.82 Å². The van der Waals surface area contributed by atoms with Crippen LogP contribution in [-0.2, 0) is 13.8 Å². The highest BCUT2D eigenvalue weighted by Gasteiger charge is 2.45. The third kappa shape index (κ3) is 3.45. The molecule has 4 rings (SSSR count). The highest BCUT2D eigenvalue weighted by molar-refractivity contribution is 7.46. The molecule has 3 aromatic rings. The van der Waals surface area contributed by atoms with Gasteiger partial charge in [-0.3, -0.25) is 4.52 Å². The van der Waals surface area contributed by atoms with E-state index in [4.69, 9.17) is 20.3 Å². The molecule has 6 N–H and O–H groups in total. The number of aromatic nitrogens is 3. The fraction of sp³-hybridized carbons (Fsp3) is 0.333. The molecule has 1 aliphatic rings. The van der Waals surface area contributed by atoms with Crippen LogP contribution in [0.15, 0.2) is 29.4 Å². The number of hydrogen-bond donors (Lipinski definition) is 5. The molecule has 0 bridgehead atoms. The lowest BCUT2D eigenvalue weighted by Gasteiger charge is -2.17. The van der Waals surface area contributed by atoms with Crippen molar-refractivity contribution in [1.82, 2.24) is 14.5 Å². The van der Waals surface area contributed by atoms with E-state index in [0.717, 1.165) is 11.1 Å². The van der Waals surface area contributed by atoms with Crippen molar-refractivity contribution in [2.75, 3.05) is 12.3 Å². The summed E-state index contributed by atoms with van der Waals surface area (Å²) in [5, 5.41) is 25.1. The zero-order valence-electron chi connectivity index (χ0n) is 14.2. The molecule has 4 atom stereocenters. The summed E-state index contributed by atoms with van der Waals surface area (Å²) in [6.07, 6.45) is -2.05. The van der Waals surface area contributed by atoms with Crippen LogP contribution in [0, 0.1) is 0 Å². The molecule has 4 heterocycles. The number of phosphoric ester groups is 1. The van der Waals surface area contributed by atoms with Crippen LogP contribution in [0.5, 0.6) is 0 Å². The molecule has 0 radical (unpaired) electrons. The first-order chi connectivity index (χ1) is 13.3. The SMILES string of the molecule is Nc1ncnc2c1c(-c1ccsc1)cn2[C@@H]1O[C@H](COP(=O)(O)O)C(O)[C@@H]1O. The minimum absolute atomic E-state index is 0.249. The zero-order valence-corrected chi connectivity index (χ0v) is 15.9. The van der Waals surface area contributed by atoms with Crippen molar-refractivity contribution >= 4 is 36.0 Å². The number of nitrogens with two attached hydrogens (primary N) is 1. The number of nitrogens with zero attached hydrogens (tertiary/aromatic N) is 3. The molecule has 13 heteroatoms. The Morgan fingerprint density at radius 2 is 2.11 bits per heavy atom. The van der Waals surface area contributed by atoms with Gasteiger partial charge in [0.2, 0.25) is 0 Å². The average Bonchev–Trinajstić information content (AvgIpc) is 3.33. The van der Waals surface area contributed by atoms with E-state index in [1.807, 2.05) is 16.8 Å². The molecule has 0 spiro atoms. The molecule has 150 valence electrons. The number of rotatable bonds is 5. The van der Waals surface area contributed by atoms with Crippen LogP contribution >= 0.6 is 19.2 Å². The Morgan fingerprint density at radius 3 is 2.79 bits per heavy atom. The van der Waals surface area contributed by atoms with Crippen LogP contribution < -0.4 is 5.73 Å². The van der Waals surface area contributed by atoms with E-state index in [1.165, 1.54) is 22.2 Å². The van der Waals surface area contributed by atoms with Gasteiger partial charge in [0, 0.05) is 11.8 Å². The zero-order chi connectivity index (χ0) is 20.1. The highest BCUT2D eigenvalue weighted by atomic mass is 32.1.